The number of pyridine rings is 2. The van der Waals surface area contributed by atoms with Gasteiger partial charge in [0.15, 0.2) is 0 Å². The normalized spacial score (nSPS) is 10.4. The Kier molecular flexibility index (Phi) is 3.70. The van der Waals surface area contributed by atoms with Gasteiger partial charge < -0.3 is 10.1 Å². The van der Waals surface area contributed by atoms with Crippen LogP contribution in [0.1, 0.15) is 0 Å². The van der Waals surface area contributed by atoms with Crippen LogP contribution in [-0.4, -0.2) is 26.6 Å². The van der Waals surface area contributed by atoms with E-state index in [-0.39, 0.29) is 0 Å². The number of methoxy groups -OCH3 is 1. The van der Waals surface area contributed by atoms with E-state index in [2.05, 4.69) is 20.3 Å². The molecule has 0 unspecified atom stereocenters. The van der Waals surface area contributed by atoms with E-state index in [0.29, 0.717) is 22.5 Å². The summed E-state index contributed by atoms with van der Waals surface area (Å²) in [5, 5.41) is 3.55. The molecule has 3 aromatic rings. The third-order valence-electron chi connectivity index (χ3n) is 2.76. The lowest BCUT2D eigenvalue weighted by Crippen LogP contribution is -1.96. The zero-order chi connectivity index (χ0) is 14.7. The molecular weight excluding hydrogens is 290 g/mol. The molecule has 106 valence electrons. The molecule has 0 aliphatic rings. The smallest absolute Gasteiger partial charge is 0.234 e. The van der Waals surface area contributed by atoms with Crippen molar-refractivity contribution in [3.63, 3.8) is 0 Å². The van der Waals surface area contributed by atoms with Crippen LogP contribution in [0.15, 0.2) is 49.1 Å². The summed E-state index contributed by atoms with van der Waals surface area (Å²) >= 11 is 5.94. The summed E-state index contributed by atoms with van der Waals surface area (Å²) in [6.45, 7) is 0. The molecule has 0 saturated carbocycles. The minimum Gasteiger partial charge on any atom is -0.480 e. The zero-order valence-electron chi connectivity index (χ0n) is 11.2. The fourth-order valence-electron chi connectivity index (χ4n) is 1.79. The molecule has 0 fully saturated rings. The van der Waals surface area contributed by atoms with Gasteiger partial charge in [-0.15, -0.1) is 0 Å². The number of imidazole rings is 1. The molecule has 3 aromatic heterocycles. The summed E-state index contributed by atoms with van der Waals surface area (Å²) in [7, 11) is 1.52. The lowest BCUT2D eigenvalue weighted by molar-refractivity contribution is 0.399. The molecule has 0 amide bonds. The average Bonchev–Trinajstić information content (AvgIpc) is 2.98. The minimum atomic E-state index is 0.367. The van der Waals surface area contributed by atoms with Gasteiger partial charge in [-0.25, -0.2) is 9.97 Å². The number of hydrogen-bond donors (Lipinski definition) is 1. The monoisotopic (exact) mass is 301 g/mol. The lowest BCUT2D eigenvalue weighted by Gasteiger charge is -2.05. The van der Waals surface area contributed by atoms with Crippen molar-refractivity contribution in [2.75, 3.05) is 12.4 Å². The van der Waals surface area contributed by atoms with Crippen LogP contribution >= 0.6 is 11.6 Å². The molecule has 6 nitrogen and oxygen atoms in total. The second-order valence-corrected chi connectivity index (χ2v) is 4.57. The van der Waals surface area contributed by atoms with Crippen molar-refractivity contribution in [2.24, 2.45) is 0 Å². The first kappa shape index (κ1) is 13.4. The standard InChI is InChI=1S/C14H12ClN5O/c1-21-14-10(15)5-6-11(19-14)18-12-8-20(9-17-12)13-4-2-3-7-16-13/h2-9H,1H3,(H,18,19). The highest BCUT2D eigenvalue weighted by atomic mass is 35.5. The van der Waals surface area contributed by atoms with Crippen molar-refractivity contribution < 1.29 is 4.74 Å². The maximum absolute atomic E-state index is 5.94. The molecule has 0 saturated heterocycles. The van der Waals surface area contributed by atoms with Crippen LogP contribution in [-0.2, 0) is 0 Å². The van der Waals surface area contributed by atoms with Crippen LogP contribution in [0.3, 0.4) is 0 Å². The summed E-state index contributed by atoms with van der Waals surface area (Å²) in [5.74, 6) is 2.41. The largest absolute Gasteiger partial charge is 0.480 e. The number of anilines is 2. The summed E-state index contributed by atoms with van der Waals surface area (Å²) in [4.78, 5) is 12.8. The van der Waals surface area contributed by atoms with Crippen LogP contribution in [0.2, 0.25) is 5.02 Å². The van der Waals surface area contributed by atoms with Crippen LogP contribution in [0.25, 0.3) is 5.82 Å². The van der Waals surface area contributed by atoms with Crippen LogP contribution < -0.4 is 10.1 Å². The van der Waals surface area contributed by atoms with E-state index in [0.717, 1.165) is 5.82 Å². The van der Waals surface area contributed by atoms with Gasteiger partial charge in [-0.3, -0.25) is 4.57 Å². The first-order valence-electron chi connectivity index (χ1n) is 6.19. The van der Waals surface area contributed by atoms with E-state index in [1.54, 1.807) is 24.7 Å². The topological polar surface area (TPSA) is 64.9 Å². The molecule has 0 spiro atoms. The molecule has 21 heavy (non-hydrogen) atoms. The number of rotatable bonds is 4. The summed E-state index contributed by atoms with van der Waals surface area (Å²) in [6.07, 6.45) is 5.23. The molecule has 7 heteroatoms. The van der Waals surface area contributed by atoms with Crippen molar-refractivity contribution in [3.05, 3.63) is 54.1 Å². The SMILES string of the molecule is COc1nc(Nc2cn(-c3ccccn3)cn2)ccc1Cl. The maximum Gasteiger partial charge on any atom is 0.234 e. The van der Waals surface area contributed by atoms with Crippen molar-refractivity contribution in [1.29, 1.82) is 0 Å². The Bertz CT molecular complexity index is 744. The number of halogens is 1. The van der Waals surface area contributed by atoms with Gasteiger partial charge in [0.05, 0.1) is 13.3 Å². The Morgan fingerprint density at radius 2 is 2.05 bits per heavy atom. The number of aromatic nitrogens is 4. The molecule has 3 rings (SSSR count). The Morgan fingerprint density at radius 1 is 1.14 bits per heavy atom. The van der Waals surface area contributed by atoms with Gasteiger partial charge in [0.25, 0.3) is 0 Å². The Hall–Kier alpha value is -2.60. The molecule has 0 radical (unpaired) electrons. The van der Waals surface area contributed by atoms with Crippen molar-refractivity contribution in [3.8, 4) is 11.7 Å². The third kappa shape index (κ3) is 2.95. The fraction of sp³-hybridized carbons (Fsp3) is 0.0714. The molecule has 0 aromatic carbocycles. The van der Waals surface area contributed by atoms with E-state index in [9.17, 15) is 0 Å². The van der Waals surface area contributed by atoms with E-state index >= 15 is 0 Å². The number of hydrogen-bond acceptors (Lipinski definition) is 5. The number of ether oxygens (including phenoxy) is 1. The van der Waals surface area contributed by atoms with Crippen LogP contribution in [0.5, 0.6) is 5.88 Å². The predicted molar refractivity (Wildman–Crippen MR) is 80.4 cm³/mol. The van der Waals surface area contributed by atoms with Gasteiger partial charge in [-0.1, -0.05) is 17.7 Å². The highest BCUT2D eigenvalue weighted by Gasteiger charge is 2.06. The number of nitrogens with one attached hydrogen (secondary N) is 1. The van der Waals surface area contributed by atoms with Gasteiger partial charge in [-0.05, 0) is 24.3 Å². The first-order valence-corrected chi connectivity index (χ1v) is 6.57. The predicted octanol–water partition coefficient (Wildman–Crippen LogP) is 3.07. The van der Waals surface area contributed by atoms with Gasteiger partial charge in [0, 0.05) is 6.20 Å². The molecule has 0 bridgehead atoms. The van der Waals surface area contributed by atoms with Gasteiger partial charge in [0.1, 0.15) is 28.8 Å². The summed E-state index contributed by atoms with van der Waals surface area (Å²) in [5.41, 5.74) is 0. The van der Waals surface area contributed by atoms with E-state index in [4.69, 9.17) is 16.3 Å². The summed E-state index contributed by atoms with van der Waals surface area (Å²) < 4.78 is 6.89. The fourth-order valence-corrected chi connectivity index (χ4v) is 1.97. The maximum atomic E-state index is 5.94. The minimum absolute atomic E-state index is 0.367. The molecule has 1 N–H and O–H groups in total. The lowest BCUT2D eigenvalue weighted by atomic mass is 10.4. The van der Waals surface area contributed by atoms with Gasteiger partial charge in [0.2, 0.25) is 5.88 Å². The second kappa shape index (κ2) is 5.80. The van der Waals surface area contributed by atoms with E-state index < -0.39 is 0 Å². The first-order chi connectivity index (χ1) is 10.3. The molecule has 3 heterocycles. The van der Waals surface area contributed by atoms with E-state index in [1.165, 1.54) is 7.11 Å². The van der Waals surface area contributed by atoms with Crippen LogP contribution in [0.4, 0.5) is 11.6 Å². The Balaban J connectivity index is 1.82. The molecular formula is C14H12ClN5O. The summed E-state index contributed by atoms with van der Waals surface area (Å²) in [6, 6.07) is 9.15. The second-order valence-electron chi connectivity index (χ2n) is 4.17. The Labute approximate surface area is 126 Å². The van der Waals surface area contributed by atoms with E-state index in [1.807, 2.05) is 29.0 Å². The molecule has 0 aliphatic carbocycles. The number of nitrogens with zero attached hydrogens (tertiary/aromatic N) is 4. The zero-order valence-corrected chi connectivity index (χ0v) is 11.9. The highest BCUT2D eigenvalue weighted by Crippen LogP contribution is 2.24. The Morgan fingerprint density at radius 3 is 2.81 bits per heavy atom. The van der Waals surface area contributed by atoms with Crippen molar-refractivity contribution in [2.45, 2.75) is 0 Å². The highest BCUT2D eigenvalue weighted by molar-refractivity contribution is 6.31. The van der Waals surface area contributed by atoms with Crippen molar-refractivity contribution >= 4 is 23.2 Å². The van der Waals surface area contributed by atoms with Gasteiger partial charge in [-0.2, -0.15) is 4.98 Å². The van der Waals surface area contributed by atoms with Crippen molar-refractivity contribution in [1.82, 2.24) is 19.5 Å². The quantitative estimate of drug-likeness (QED) is 0.802. The van der Waals surface area contributed by atoms with Crippen LogP contribution in [0, 0.1) is 0 Å². The molecule has 0 aliphatic heterocycles. The third-order valence-corrected chi connectivity index (χ3v) is 3.05. The molecule has 0 atom stereocenters. The average molecular weight is 302 g/mol. The van der Waals surface area contributed by atoms with Gasteiger partial charge >= 0.3 is 0 Å².